The summed E-state index contributed by atoms with van der Waals surface area (Å²) in [5.41, 5.74) is 1.05. The van der Waals surface area contributed by atoms with Gasteiger partial charge in [0, 0.05) is 12.1 Å². The maximum Gasteiger partial charge on any atom is 0.0153 e. The second-order valence-corrected chi connectivity index (χ2v) is 5.33. The van der Waals surface area contributed by atoms with Crippen molar-refractivity contribution in [3.63, 3.8) is 0 Å². The van der Waals surface area contributed by atoms with Gasteiger partial charge in [-0.25, -0.2) is 0 Å². The van der Waals surface area contributed by atoms with Crippen molar-refractivity contribution in [1.29, 1.82) is 0 Å². The number of fused-ring (bicyclic) bond motifs is 2. The fourth-order valence-electron chi connectivity index (χ4n) is 2.68. The Hall–Kier alpha value is -0.0400. The van der Waals surface area contributed by atoms with Crippen molar-refractivity contribution in [3.05, 3.63) is 0 Å². The summed E-state index contributed by atoms with van der Waals surface area (Å²) in [5, 5.41) is 3.66. The molecule has 0 aromatic rings. The van der Waals surface area contributed by atoms with E-state index >= 15 is 0 Å². The fraction of sp³-hybridized carbons (Fsp3) is 1.00. The molecule has 1 saturated heterocycles. The molecule has 2 rings (SSSR count). The van der Waals surface area contributed by atoms with E-state index in [1.165, 1.54) is 25.8 Å². The van der Waals surface area contributed by atoms with E-state index in [1.807, 2.05) is 0 Å². The van der Waals surface area contributed by atoms with Crippen molar-refractivity contribution < 1.29 is 0 Å². The molecule has 1 heteroatoms. The number of piperidine rings is 1. The highest BCUT2D eigenvalue weighted by Crippen LogP contribution is 2.48. The lowest BCUT2D eigenvalue weighted by Gasteiger charge is -2.41. The molecule has 2 atom stereocenters. The number of rotatable bonds is 0. The second-order valence-electron chi connectivity index (χ2n) is 5.33. The van der Waals surface area contributed by atoms with Gasteiger partial charge in [-0.15, -0.1) is 0 Å². The average molecular weight is 153 g/mol. The molecule has 0 aromatic heterocycles. The summed E-state index contributed by atoms with van der Waals surface area (Å²) in [6.45, 7) is 8.36. The zero-order chi connectivity index (χ0) is 8.11. The van der Waals surface area contributed by atoms with Gasteiger partial charge in [0.1, 0.15) is 0 Å². The Bertz CT molecular complexity index is 174. The zero-order valence-corrected chi connectivity index (χ0v) is 7.91. The predicted octanol–water partition coefficient (Wildman–Crippen LogP) is 2.17. The lowest BCUT2D eigenvalue weighted by Crippen LogP contribution is -2.52. The Morgan fingerprint density at radius 3 is 2.64 bits per heavy atom. The van der Waals surface area contributed by atoms with Gasteiger partial charge in [0.25, 0.3) is 0 Å². The SMILES string of the molecule is CC12CCC(C1)C(C)(C)NC2. The minimum atomic E-state index is 0.413. The maximum absolute atomic E-state index is 3.66. The maximum atomic E-state index is 3.66. The molecule has 0 amide bonds. The van der Waals surface area contributed by atoms with Gasteiger partial charge >= 0.3 is 0 Å². The van der Waals surface area contributed by atoms with Gasteiger partial charge in [-0.3, -0.25) is 0 Å². The standard InChI is InChI=1S/C10H19N/c1-9(2)8-4-5-10(3,6-8)7-11-9/h8,11H,4-7H2,1-3H3. The quantitative estimate of drug-likeness (QED) is 0.562. The third-order valence-electron chi connectivity index (χ3n) is 3.83. The van der Waals surface area contributed by atoms with Gasteiger partial charge in [0.15, 0.2) is 0 Å². The molecule has 2 fully saturated rings. The van der Waals surface area contributed by atoms with Gasteiger partial charge in [-0.05, 0) is 44.4 Å². The summed E-state index contributed by atoms with van der Waals surface area (Å²) >= 11 is 0. The Kier molecular flexibility index (Phi) is 1.39. The molecule has 11 heavy (non-hydrogen) atoms. The first-order valence-electron chi connectivity index (χ1n) is 4.77. The normalized spacial score (nSPS) is 47.7. The first kappa shape index (κ1) is 7.60. The molecule has 0 radical (unpaired) electrons. The summed E-state index contributed by atoms with van der Waals surface area (Å²) < 4.78 is 0. The molecule has 2 unspecified atom stereocenters. The van der Waals surface area contributed by atoms with E-state index in [0.717, 1.165) is 5.92 Å². The van der Waals surface area contributed by atoms with Gasteiger partial charge in [0.2, 0.25) is 0 Å². The molecular formula is C10H19N. The first-order valence-corrected chi connectivity index (χ1v) is 4.77. The van der Waals surface area contributed by atoms with Crippen LogP contribution in [0.5, 0.6) is 0 Å². The van der Waals surface area contributed by atoms with E-state index < -0.39 is 0 Å². The first-order chi connectivity index (χ1) is 5.02. The van der Waals surface area contributed by atoms with Crippen molar-refractivity contribution in [1.82, 2.24) is 5.32 Å². The summed E-state index contributed by atoms with van der Waals surface area (Å²) in [5.74, 6) is 0.932. The molecule has 1 heterocycles. The van der Waals surface area contributed by atoms with Crippen molar-refractivity contribution in [2.75, 3.05) is 6.54 Å². The smallest absolute Gasteiger partial charge is 0.0153 e. The van der Waals surface area contributed by atoms with Crippen LogP contribution in [-0.2, 0) is 0 Å². The predicted molar refractivity (Wildman–Crippen MR) is 47.5 cm³/mol. The molecule has 0 aromatic carbocycles. The molecule has 0 spiro atoms. The van der Waals surface area contributed by atoms with Crippen LogP contribution in [0.4, 0.5) is 0 Å². The lowest BCUT2D eigenvalue weighted by atomic mass is 9.77. The second kappa shape index (κ2) is 2.01. The Labute approximate surface area is 69.6 Å². The van der Waals surface area contributed by atoms with Crippen LogP contribution in [0, 0.1) is 11.3 Å². The molecule has 1 nitrogen and oxygen atoms in total. The van der Waals surface area contributed by atoms with E-state index in [1.54, 1.807) is 0 Å². The van der Waals surface area contributed by atoms with Crippen LogP contribution >= 0.6 is 0 Å². The van der Waals surface area contributed by atoms with Crippen LogP contribution in [0.1, 0.15) is 40.0 Å². The molecule has 1 aliphatic carbocycles. The molecular weight excluding hydrogens is 134 g/mol. The van der Waals surface area contributed by atoms with Gasteiger partial charge in [-0.2, -0.15) is 0 Å². The molecule has 2 bridgehead atoms. The molecule has 1 N–H and O–H groups in total. The van der Waals surface area contributed by atoms with Crippen LogP contribution < -0.4 is 5.32 Å². The van der Waals surface area contributed by atoms with Crippen molar-refractivity contribution in [2.45, 2.75) is 45.6 Å². The largest absolute Gasteiger partial charge is 0.311 e. The molecule has 1 aliphatic heterocycles. The Morgan fingerprint density at radius 2 is 2.00 bits per heavy atom. The Balaban J connectivity index is 2.19. The van der Waals surface area contributed by atoms with E-state index in [2.05, 4.69) is 26.1 Å². The molecule has 64 valence electrons. The van der Waals surface area contributed by atoms with Gasteiger partial charge < -0.3 is 5.32 Å². The van der Waals surface area contributed by atoms with Crippen LogP contribution in [0.25, 0.3) is 0 Å². The summed E-state index contributed by atoms with van der Waals surface area (Å²) in [7, 11) is 0. The Morgan fingerprint density at radius 1 is 1.27 bits per heavy atom. The van der Waals surface area contributed by atoms with Gasteiger partial charge in [-0.1, -0.05) is 6.92 Å². The highest BCUT2D eigenvalue weighted by atomic mass is 15.0. The fourth-order valence-corrected chi connectivity index (χ4v) is 2.68. The average Bonchev–Trinajstić information content (AvgIpc) is 2.25. The number of hydrogen-bond donors (Lipinski definition) is 1. The van der Waals surface area contributed by atoms with E-state index in [9.17, 15) is 0 Å². The van der Waals surface area contributed by atoms with Crippen molar-refractivity contribution >= 4 is 0 Å². The topological polar surface area (TPSA) is 12.0 Å². The van der Waals surface area contributed by atoms with Crippen LogP contribution in [0.2, 0.25) is 0 Å². The van der Waals surface area contributed by atoms with Crippen molar-refractivity contribution in [2.24, 2.45) is 11.3 Å². The minimum Gasteiger partial charge on any atom is -0.311 e. The van der Waals surface area contributed by atoms with E-state index in [-0.39, 0.29) is 0 Å². The molecule has 1 saturated carbocycles. The monoisotopic (exact) mass is 153 g/mol. The van der Waals surface area contributed by atoms with Crippen LogP contribution in [0.3, 0.4) is 0 Å². The highest BCUT2D eigenvalue weighted by Gasteiger charge is 2.46. The molecule has 2 aliphatic rings. The summed E-state index contributed by atoms with van der Waals surface area (Å²) in [4.78, 5) is 0. The number of hydrogen-bond acceptors (Lipinski definition) is 1. The summed E-state index contributed by atoms with van der Waals surface area (Å²) in [6, 6.07) is 0. The minimum absolute atomic E-state index is 0.413. The van der Waals surface area contributed by atoms with E-state index in [4.69, 9.17) is 0 Å². The lowest BCUT2D eigenvalue weighted by molar-refractivity contribution is 0.153. The highest BCUT2D eigenvalue weighted by molar-refractivity contribution is 5.02. The number of nitrogens with one attached hydrogen (secondary N) is 1. The zero-order valence-electron chi connectivity index (χ0n) is 7.91. The van der Waals surface area contributed by atoms with Crippen LogP contribution in [-0.4, -0.2) is 12.1 Å². The van der Waals surface area contributed by atoms with Gasteiger partial charge in [0.05, 0.1) is 0 Å². The third kappa shape index (κ3) is 1.10. The summed E-state index contributed by atoms with van der Waals surface area (Å²) in [6.07, 6.45) is 4.33. The van der Waals surface area contributed by atoms with E-state index in [0.29, 0.717) is 11.0 Å². The van der Waals surface area contributed by atoms with Crippen LogP contribution in [0.15, 0.2) is 0 Å². The van der Waals surface area contributed by atoms with Crippen molar-refractivity contribution in [3.8, 4) is 0 Å². The third-order valence-corrected chi connectivity index (χ3v) is 3.83.